The lowest BCUT2D eigenvalue weighted by Crippen LogP contribution is -2.07. The molecule has 0 aliphatic heterocycles. The molecule has 102 valence electrons. The van der Waals surface area contributed by atoms with Crippen molar-refractivity contribution in [2.24, 2.45) is 0 Å². The van der Waals surface area contributed by atoms with Crippen LogP contribution in [0.25, 0.3) is 0 Å². The summed E-state index contributed by atoms with van der Waals surface area (Å²) in [5, 5.41) is 9.52. The number of alkyl halides is 3. The van der Waals surface area contributed by atoms with E-state index < -0.39 is 23.8 Å². The van der Waals surface area contributed by atoms with Gasteiger partial charge >= 0.3 is 12.1 Å². The molecule has 0 bridgehead atoms. The highest BCUT2D eigenvalue weighted by Gasteiger charge is 2.31. The minimum Gasteiger partial charge on any atom is -0.459 e. The summed E-state index contributed by atoms with van der Waals surface area (Å²) in [5.41, 5.74) is -1.20. The highest BCUT2D eigenvalue weighted by Crippen LogP contribution is 2.33. The summed E-state index contributed by atoms with van der Waals surface area (Å²) in [6.07, 6.45) is -6.18. The number of hydrogen-bond donors (Lipinski definition) is 1. The molecule has 1 unspecified atom stereocenters. The Kier molecular flexibility index (Phi) is 4.81. The fourth-order valence-corrected chi connectivity index (χ4v) is 1.41. The second-order valence-corrected chi connectivity index (χ2v) is 3.80. The quantitative estimate of drug-likeness (QED) is 0.491. The summed E-state index contributed by atoms with van der Waals surface area (Å²) in [7, 11) is 1.08. The average Bonchev–Trinajstić information content (AvgIpc) is 2.34. The van der Waals surface area contributed by atoms with Gasteiger partial charge in [0.25, 0.3) is 0 Å². The van der Waals surface area contributed by atoms with Gasteiger partial charge in [-0.05, 0) is 18.2 Å². The molecular formula is C12H8ClF3O3. The number of rotatable bonds is 1. The number of carbonyl (C=O) groups excluding carboxylic acids is 1. The third kappa shape index (κ3) is 4.16. The van der Waals surface area contributed by atoms with Crippen molar-refractivity contribution in [3.05, 3.63) is 34.3 Å². The summed E-state index contributed by atoms with van der Waals surface area (Å²) in [5.74, 6) is 3.05. The van der Waals surface area contributed by atoms with Crippen molar-refractivity contribution >= 4 is 17.6 Å². The van der Waals surface area contributed by atoms with E-state index in [2.05, 4.69) is 4.74 Å². The van der Waals surface area contributed by atoms with Crippen LogP contribution in [0.3, 0.4) is 0 Å². The first-order valence-electron chi connectivity index (χ1n) is 4.90. The lowest BCUT2D eigenvalue weighted by atomic mass is 10.1. The van der Waals surface area contributed by atoms with Crippen LogP contribution in [0.1, 0.15) is 17.2 Å². The molecule has 0 saturated heterocycles. The van der Waals surface area contributed by atoms with E-state index in [0.717, 1.165) is 19.2 Å². The van der Waals surface area contributed by atoms with Crippen LogP contribution in [0, 0.1) is 11.8 Å². The Morgan fingerprint density at radius 3 is 2.63 bits per heavy atom. The molecule has 0 aliphatic rings. The zero-order valence-corrected chi connectivity index (χ0v) is 10.3. The number of ether oxygens (including phenoxy) is 1. The maximum absolute atomic E-state index is 12.5. The molecule has 0 fully saturated rings. The molecule has 1 atom stereocenters. The molecule has 0 spiro atoms. The van der Waals surface area contributed by atoms with Crippen LogP contribution in [0.5, 0.6) is 0 Å². The number of hydrogen-bond acceptors (Lipinski definition) is 3. The molecule has 3 nitrogen and oxygen atoms in total. The standard InChI is InChI=1S/C12H8ClF3O3/c1-19-11(18)5-4-10(17)8-6-7(12(14,15)16)2-3-9(8)13/h2-3,6,10,17H,1H3. The first-order valence-corrected chi connectivity index (χ1v) is 5.27. The Labute approximate surface area is 111 Å². The van der Waals surface area contributed by atoms with Gasteiger partial charge in [0.05, 0.1) is 12.7 Å². The van der Waals surface area contributed by atoms with E-state index in [1.165, 1.54) is 0 Å². The number of aliphatic hydroxyl groups is 1. The van der Waals surface area contributed by atoms with Crippen molar-refractivity contribution in [1.29, 1.82) is 0 Å². The smallest absolute Gasteiger partial charge is 0.416 e. The van der Waals surface area contributed by atoms with Gasteiger partial charge in [-0.1, -0.05) is 17.5 Å². The van der Waals surface area contributed by atoms with Gasteiger partial charge in [-0.25, -0.2) is 4.79 Å². The Bertz CT molecular complexity index is 543. The summed E-state index contributed by atoms with van der Waals surface area (Å²) in [6, 6.07) is 2.47. The summed E-state index contributed by atoms with van der Waals surface area (Å²) in [6.45, 7) is 0. The number of halogens is 4. The molecule has 1 rings (SSSR count). The van der Waals surface area contributed by atoms with Gasteiger partial charge in [0.1, 0.15) is 6.10 Å². The number of methoxy groups -OCH3 is 1. The van der Waals surface area contributed by atoms with Crippen LogP contribution >= 0.6 is 11.6 Å². The summed E-state index contributed by atoms with van der Waals surface area (Å²) in [4.78, 5) is 10.7. The van der Waals surface area contributed by atoms with Crippen molar-refractivity contribution in [1.82, 2.24) is 0 Å². The van der Waals surface area contributed by atoms with E-state index in [9.17, 15) is 23.1 Å². The third-order valence-electron chi connectivity index (χ3n) is 2.11. The zero-order valence-electron chi connectivity index (χ0n) is 9.58. The lowest BCUT2D eigenvalue weighted by Gasteiger charge is -2.11. The van der Waals surface area contributed by atoms with Gasteiger partial charge < -0.3 is 9.84 Å². The maximum atomic E-state index is 12.5. The van der Waals surface area contributed by atoms with Crippen molar-refractivity contribution in [3.8, 4) is 11.8 Å². The lowest BCUT2D eigenvalue weighted by molar-refractivity contribution is -0.137. The molecule has 0 aromatic heterocycles. The van der Waals surface area contributed by atoms with E-state index in [4.69, 9.17) is 11.6 Å². The van der Waals surface area contributed by atoms with Gasteiger partial charge in [-0.15, -0.1) is 0 Å². The molecule has 1 aromatic rings. The first kappa shape index (κ1) is 15.3. The van der Waals surface area contributed by atoms with Crippen LogP contribution in [-0.2, 0) is 15.7 Å². The molecule has 0 radical (unpaired) electrons. The number of aliphatic hydroxyl groups excluding tert-OH is 1. The third-order valence-corrected chi connectivity index (χ3v) is 2.46. The molecule has 0 saturated carbocycles. The zero-order chi connectivity index (χ0) is 14.6. The second kappa shape index (κ2) is 5.95. The maximum Gasteiger partial charge on any atom is 0.416 e. The predicted molar refractivity (Wildman–Crippen MR) is 61.2 cm³/mol. The van der Waals surface area contributed by atoms with Crippen LogP contribution in [0.4, 0.5) is 13.2 Å². The van der Waals surface area contributed by atoms with E-state index >= 15 is 0 Å². The van der Waals surface area contributed by atoms with Gasteiger partial charge in [0.15, 0.2) is 0 Å². The van der Waals surface area contributed by atoms with Crippen molar-refractivity contribution in [3.63, 3.8) is 0 Å². The monoisotopic (exact) mass is 292 g/mol. The van der Waals surface area contributed by atoms with Crippen molar-refractivity contribution in [2.75, 3.05) is 7.11 Å². The van der Waals surface area contributed by atoms with Gasteiger partial charge in [-0.2, -0.15) is 13.2 Å². The largest absolute Gasteiger partial charge is 0.459 e. The Morgan fingerprint density at radius 2 is 2.11 bits per heavy atom. The van der Waals surface area contributed by atoms with Gasteiger partial charge in [-0.3, -0.25) is 0 Å². The van der Waals surface area contributed by atoms with Gasteiger partial charge in [0, 0.05) is 16.5 Å². The van der Waals surface area contributed by atoms with E-state index in [0.29, 0.717) is 6.07 Å². The number of esters is 1. The molecule has 19 heavy (non-hydrogen) atoms. The Hall–Kier alpha value is -1.71. The SMILES string of the molecule is COC(=O)C#CC(O)c1cc(C(F)(F)F)ccc1Cl. The Morgan fingerprint density at radius 1 is 1.47 bits per heavy atom. The average molecular weight is 293 g/mol. The van der Waals surface area contributed by atoms with E-state index in [-0.39, 0.29) is 10.6 Å². The van der Waals surface area contributed by atoms with Crippen molar-refractivity contribution < 1.29 is 27.8 Å². The Balaban J connectivity index is 3.11. The predicted octanol–water partition coefficient (Wildman–Crippen LogP) is 2.57. The molecule has 0 amide bonds. The molecule has 0 aliphatic carbocycles. The number of benzene rings is 1. The van der Waals surface area contributed by atoms with Gasteiger partial charge in [0.2, 0.25) is 0 Å². The van der Waals surface area contributed by atoms with Crippen LogP contribution in [0.2, 0.25) is 5.02 Å². The molecule has 0 heterocycles. The van der Waals surface area contributed by atoms with Crippen molar-refractivity contribution in [2.45, 2.75) is 12.3 Å². The molecule has 1 N–H and O–H groups in total. The highest BCUT2D eigenvalue weighted by molar-refractivity contribution is 6.31. The normalized spacial score (nSPS) is 12.3. The molecule has 7 heteroatoms. The minimum atomic E-state index is -4.56. The molecule has 1 aromatic carbocycles. The van der Waals surface area contributed by atoms with Crippen LogP contribution < -0.4 is 0 Å². The van der Waals surface area contributed by atoms with Crippen LogP contribution in [0.15, 0.2) is 18.2 Å². The van der Waals surface area contributed by atoms with E-state index in [1.54, 1.807) is 0 Å². The highest BCUT2D eigenvalue weighted by atomic mass is 35.5. The first-order chi connectivity index (χ1) is 8.75. The fraction of sp³-hybridized carbons (Fsp3) is 0.250. The minimum absolute atomic E-state index is 0.0836. The second-order valence-electron chi connectivity index (χ2n) is 3.40. The van der Waals surface area contributed by atoms with Crippen LogP contribution in [-0.4, -0.2) is 18.2 Å². The number of carbonyl (C=O) groups is 1. The molecular weight excluding hydrogens is 285 g/mol. The van der Waals surface area contributed by atoms with E-state index in [1.807, 2.05) is 11.8 Å². The summed E-state index contributed by atoms with van der Waals surface area (Å²) < 4.78 is 41.7. The summed E-state index contributed by atoms with van der Waals surface area (Å²) >= 11 is 5.68. The fourth-order valence-electron chi connectivity index (χ4n) is 1.19. The topological polar surface area (TPSA) is 46.5 Å².